The van der Waals surface area contributed by atoms with Crippen LogP contribution in [0, 0.1) is 5.92 Å². The lowest BCUT2D eigenvalue weighted by molar-refractivity contribution is -0.141. The molecule has 1 aromatic carbocycles. The van der Waals surface area contributed by atoms with Crippen LogP contribution in [-0.4, -0.2) is 38.2 Å². The molecule has 1 aromatic heterocycles. The third kappa shape index (κ3) is 5.88. The van der Waals surface area contributed by atoms with Gasteiger partial charge in [-0.05, 0) is 36.5 Å². The van der Waals surface area contributed by atoms with Gasteiger partial charge in [0.25, 0.3) is 5.91 Å². The van der Waals surface area contributed by atoms with Gasteiger partial charge in [0.05, 0.1) is 18.2 Å². The quantitative estimate of drug-likeness (QED) is 0.580. The number of ether oxygens (including phenoxy) is 1. The van der Waals surface area contributed by atoms with Gasteiger partial charge in [0.15, 0.2) is 9.84 Å². The van der Waals surface area contributed by atoms with E-state index in [4.69, 9.17) is 4.74 Å². The molecular weight excluding hydrogens is 471 g/mol. The molecule has 7 nitrogen and oxygen atoms in total. The van der Waals surface area contributed by atoms with Crippen molar-refractivity contribution in [2.75, 3.05) is 18.2 Å². The van der Waals surface area contributed by atoms with E-state index in [1.54, 1.807) is 6.07 Å². The first kappa shape index (κ1) is 24.1. The summed E-state index contributed by atoms with van der Waals surface area (Å²) in [6.07, 6.45) is 0.143. The number of alkyl halides is 3. The zero-order valence-electron chi connectivity index (χ0n) is 18.4. The zero-order valence-corrected chi connectivity index (χ0v) is 19.2. The second kappa shape index (κ2) is 9.28. The number of pyridine rings is 1. The molecule has 1 fully saturated rings. The van der Waals surface area contributed by atoms with Gasteiger partial charge in [-0.2, -0.15) is 13.2 Å². The molecule has 0 spiro atoms. The molecule has 1 atom stereocenters. The molecule has 0 radical (unpaired) electrons. The number of hydrogen-bond donors (Lipinski definition) is 2. The Bertz CT molecular complexity index is 1220. The first-order valence-electron chi connectivity index (χ1n) is 10.8. The van der Waals surface area contributed by atoms with E-state index in [2.05, 4.69) is 15.6 Å². The van der Waals surface area contributed by atoms with Crippen LogP contribution in [0.5, 0.6) is 5.75 Å². The predicted molar refractivity (Wildman–Crippen MR) is 120 cm³/mol. The summed E-state index contributed by atoms with van der Waals surface area (Å²) in [7, 11) is -3.39. The molecule has 182 valence electrons. The number of nitrogens with one attached hydrogen (secondary N) is 2. The summed E-state index contributed by atoms with van der Waals surface area (Å²) in [5.41, 5.74) is 0.559. The molecule has 2 aliphatic rings. The summed E-state index contributed by atoms with van der Waals surface area (Å²) >= 11 is 0. The highest BCUT2D eigenvalue weighted by Crippen LogP contribution is 2.35. The summed E-state index contributed by atoms with van der Waals surface area (Å²) in [5.74, 6) is -0.101. The van der Waals surface area contributed by atoms with Crippen molar-refractivity contribution in [3.8, 4) is 5.75 Å². The van der Waals surface area contributed by atoms with Gasteiger partial charge in [0, 0.05) is 30.2 Å². The van der Waals surface area contributed by atoms with E-state index in [1.165, 1.54) is 6.08 Å². The molecule has 2 heterocycles. The predicted octanol–water partition coefficient (Wildman–Crippen LogP) is 3.71. The summed E-state index contributed by atoms with van der Waals surface area (Å²) in [6.45, 7) is 0.642. The highest BCUT2D eigenvalue weighted by Gasteiger charge is 2.35. The van der Waals surface area contributed by atoms with Crippen molar-refractivity contribution >= 4 is 21.6 Å². The average molecular weight is 496 g/mol. The maximum atomic E-state index is 13.3. The molecular formula is C23H24F3N3O4S. The lowest BCUT2D eigenvalue weighted by Gasteiger charge is -2.18. The van der Waals surface area contributed by atoms with E-state index in [0.29, 0.717) is 12.4 Å². The third-order valence-corrected chi connectivity index (χ3v) is 6.28. The number of halogens is 3. The average Bonchev–Trinajstić information content (AvgIpc) is 3.49. The van der Waals surface area contributed by atoms with Crippen LogP contribution in [0.25, 0.3) is 0 Å². The van der Waals surface area contributed by atoms with Crippen LogP contribution in [0.15, 0.2) is 41.8 Å². The Morgan fingerprint density at radius 1 is 1.26 bits per heavy atom. The van der Waals surface area contributed by atoms with Crippen LogP contribution >= 0.6 is 0 Å². The molecule has 0 bridgehead atoms. The monoisotopic (exact) mass is 495 g/mol. The van der Waals surface area contributed by atoms with Crippen LogP contribution in [-0.2, 0) is 29.0 Å². The minimum atomic E-state index is -4.68. The van der Waals surface area contributed by atoms with Crippen molar-refractivity contribution in [3.63, 3.8) is 0 Å². The van der Waals surface area contributed by atoms with E-state index in [0.717, 1.165) is 54.2 Å². The number of sulfone groups is 1. The fourth-order valence-electron chi connectivity index (χ4n) is 3.77. The van der Waals surface area contributed by atoms with Gasteiger partial charge in [-0.1, -0.05) is 24.3 Å². The minimum absolute atomic E-state index is 0.0695. The number of aromatic nitrogens is 1. The largest absolute Gasteiger partial charge is 0.493 e. The first-order chi connectivity index (χ1) is 16.0. The van der Waals surface area contributed by atoms with Gasteiger partial charge in [-0.15, -0.1) is 0 Å². The summed E-state index contributed by atoms with van der Waals surface area (Å²) in [6, 6.07) is 6.83. The molecule has 0 saturated heterocycles. The van der Waals surface area contributed by atoms with Crippen molar-refractivity contribution in [3.05, 3.63) is 64.2 Å². The fraction of sp³-hybridized carbons (Fsp3) is 0.391. The van der Waals surface area contributed by atoms with Crippen LogP contribution in [0.2, 0.25) is 0 Å². The Kier molecular flexibility index (Phi) is 6.57. The van der Waals surface area contributed by atoms with Gasteiger partial charge >= 0.3 is 6.18 Å². The van der Waals surface area contributed by atoms with Gasteiger partial charge in [0.2, 0.25) is 0 Å². The van der Waals surface area contributed by atoms with Crippen LogP contribution < -0.4 is 15.4 Å². The number of amides is 1. The molecule has 2 N–H and O–H groups in total. The van der Waals surface area contributed by atoms with Crippen LogP contribution in [0.3, 0.4) is 0 Å². The number of rotatable bonds is 8. The first-order valence-corrected chi connectivity index (χ1v) is 12.7. The number of para-hydroxylation sites is 1. The van der Waals surface area contributed by atoms with E-state index >= 15 is 0 Å². The normalized spacial score (nSPS) is 16.7. The van der Waals surface area contributed by atoms with Gasteiger partial charge in [-0.25, -0.2) is 13.4 Å². The topological polar surface area (TPSA) is 97.4 Å². The number of benzene rings is 1. The molecule has 1 aliphatic carbocycles. The molecule has 4 rings (SSSR count). The van der Waals surface area contributed by atoms with Crippen LogP contribution in [0.1, 0.15) is 40.0 Å². The Morgan fingerprint density at radius 2 is 2.03 bits per heavy atom. The number of fused-ring (bicyclic) bond motifs is 1. The molecule has 1 amide bonds. The van der Waals surface area contributed by atoms with Crippen molar-refractivity contribution in [2.24, 2.45) is 5.92 Å². The maximum Gasteiger partial charge on any atom is 0.433 e. The number of nitrogens with zero attached hydrogens (tertiary/aromatic N) is 1. The fourth-order valence-corrected chi connectivity index (χ4v) is 4.23. The Balaban J connectivity index is 1.59. The number of hydrogen-bond acceptors (Lipinski definition) is 6. The second-order valence-electron chi connectivity index (χ2n) is 8.44. The maximum absolute atomic E-state index is 13.3. The lowest BCUT2D eigenvalue weighted by atomic mass is 10.1. The van der Waals surface area contributed by atoms with E-state index < -0.39 is 33.7 Å². The van der Waals surface area contributed by atoms with Gasteiger partial charge in [0.1, 0.15) is 17.3 Å². The Morgan fingerprint density at radius 3 is 2.71 bits per heavy atom. The van der Waals surface area contributed by atoms with Gasteiger partial charge in [-0.3, -0.25) is 4.79 Å². The van der Waals surface area contributed by atoms with Crippen molar-refractivity contribution in [1.82, 2.24) is 10.3 Å². The Labute approximate surface area is 195 Å². The standard InChI is InChI=1S/C23H24F3N3O4S/c1-34(31,32)12-10-18(14-5-6-14)28-22(30)17-7-8-19(23(24,25)26)29-21(17)27-13-16-4-2-3-15-9-11-33-20(15)16/h2-4,7-8,10,12,14,18H,5-6,9,11,13H2,1H3,(H,27,29)(H,28,30)/b12-10+/t18-/m1/s1. The number of anilines is 1. The molecule has 34 heavy (non-hydrogen) atoms. The molecule has 1 saturated carbocycles. The zero-order chi connectivity index (χ0) is 24.5. The molecule has 2 aromatic rings. The summed E-state index contributed by atoms with van der Waals surface area (Å²) < 4.78 is 68.5. The Hall–Kier alpha value is -3.08. The van der Waals surface area contributed by atoms with E-state index in [-0.39, 0.29) is 23.8 Å². The molecule has 0 unspecified atom stereocenters. The molecule has 11 heteroatoms. The van der Waals surface area contributed by atoms with Crippen molar-refractivity contribution < 1.29 is 31.1 Å². The second-order valence-corrected chi connectivity index (χ2v) is 10.4. The van der Waals surface area contributed by atoms with Crippen molar-refractivity contribution in [1.29, 1.82) is 0 Å². The van der Waals surface area contributed by atoms with Crippen molar-refractivity contribution in [2.45, 2.75) is 38.0 Å². The third-order valence-electron chi connectivity index (χ3n) is 5.63. The number of carbonyl (C=O) groups excluding carboxylic acids is 1. The smallest absolute Gasteiger partial charge is 0.433 e. The molecule has 1 aliphatic heterocycles. The summed E-state index contributed by atoms with van der Waals surface area (Å²) in [4.78, 5) is 16.7. The van der Waals surface area contributed by atoms with Gasteiger partial charge < -0.3 is 15.4 Å². The number of carbonyl (C=O) groups is 1. The van der Waals surface area contributed by atoms with E-state index in [1.807, 2.05) is 12.1 Å². The SMILES string of the molecule is CS(=O)(=O)/C=C/[C@@H](NC(=O)c1ccc(C(F)(F)F)nc1NCc1cccc2c1OCC2)C1CC1. The summed E-state index contributed by atoms with van der Waals surface area (Å²) in [5, 5.41) is 6.62. The van der Waals surface area contributed by atoms with E-state index in [9.17, 15) is 26.4 Å². The van der Waals surface area contributed by atoms with Crippen LogP contribution in [0.4, 0.5) is 19.0 Å². The highest BCUT2D eigenvalue weighted by molar-refractivity contribution is 7.93. The highest BCUT2D eigenvalue weighted by atomic mass is 32.2. The minimum Gasteiger partial charge on any atom is -0.493 e. The lowest BCUT2D eigenvalue weighted by Crippen LogP contribution is -2.35.